The molecule has 1 aliphatic rings. The van der Waals surface area contributed by atoms with Crippen LogP contribution in [0.2, 0.25) is 0 Å². The van der Waals surface area contributed by atoms with Crippen molar-refractivity contribution in [2.24, 2.45) is 0 Å². The maximum Gasteiger partial charge on any atom is 0.223 e. The first-order chi connectivity index (χ1) is 11.8. The summed E-state index contributed by atoms with van der Waals surface area (Å²) in [6.45, 7) is 4.52. The molecule has 1 aromatic heterocycles. The maximum atomic E-state index is 12.3. The summed E-state index contributed by atoms with van der Waals surface area (Å²) < 4.78 is 0. The number of H-pyrrole nitrogens is 1. The Labute approximate surface area is 143 Å². The second-order valence-corrected chi connectivity index (χ2v) is 6.19. The molecule has 126 valence electrons. The van der Waals surface area contributed by atoms with E-state index in [1.807, 2.05) is 29.3 Å². The monoisotopic (exact) mass is 323 g/mol. The average molecular weight is 323 g/mol. The van der Waals surface area contributed by atoms with E-state index in [0.717, 1.165) is 44.8 Å². The Hall–Kier alpha value is -2.33. The molecule has 1 fully saturated rings. The van der Waals surface area contributed by atoms with Crippen molar-refractivity contribution >= 4 is 12.0 Å². The summed E-state index contributed by atoms with van der Waals surface area (Å²) in [5, 5.41) is 0. The van der Waals surface area contributed by atoms with E-state index in [4.69, 9.17) is 0 Å². The van der Waals surface area contributed by atoms with Gasteiger partial charge in [-0.2, -0.15) is 0 Å². The maximum absolute atomic E-state index is 12.3. The molecule has 0 radical (unpaired) electrons. The highest BCUT2D eigenvalue weighted by Gasteiger charge is 2.20. The second-order valence-electron chi connectivity index (χ2n) is 6.19. The van der Waals surface area contributed by atoms with Crippen molar-refractivity contribution in [1.82, 2.24) is 14.8 Å². The molecule has 0 spiro atoms. The number of benzene rings is 1. The van der Waals surface area contributed by atoms with Crippen LogP contribution in [0.25, 0.3) is 6.08 Å². The number of carbonyl (C=O) groups excluding carboxylic acids is 1. The lowest BCUT2D eigenvalue weighted by molar-refractivity contribution is -0.132. The first-order valence-corrected chi connectivity index (χ1v) is 8.65. The Balaban J connectivity index is 1.37. The number of hydrogen-bond acceptors (Lipinski definition) is 2. The van der Waals surface area contributed by atoms with Crippen LogP contribution in [0.4, 0.5) is 0 Å². The molecule has 0 bridgehead atoms. The minimum atomic E-state index is 0.268. The average Bonchev–Trinajstić information content (AvgIpc) is 3.15. The van der Waals surface area contributed by atoms with E-state index >= 15 is 0 Å². The Morgan fingerprint density at radius 3 is 2.54 bits per heavy atom. The molecule has 3 rings (SSSR count). The topological polar surface area (TPSA) is 39.3 Å². The van der Waals surface area contributed by atoms with Gasteiger partial charge < -0.3 is 9.88 Å². The SMILES string of the molecule is O=C(CCc1ccc[nH]1)N1CCN(C/C=C/c2ccccc2)CC1. The van der Waals surface area contributed by atoms with Gasteiger partial charge in [-0.25, -0.2) is 0 Å². The van der Waals surface area contributed by atoms with Crippen molar-refractivity contribution in [2.45, 2.75) is 12.8 Å². The van der Waals surface area contributed by atoms with Crippen LogP contribution in [0.5, 0.6) is 0 Å². The zero-order chi connectivity index (χ0) is 16.6. The zero-order valence-corrected chi connectivity index (χ0v) is 14.0. The van der Waals surface area contributed by atoms with E-state index in [-0.39, 0.29) is 5.91 Å². The van der Waals surface area contributed by atoms with Gasteiger partial charge >= 0.3 is 0 Å². The van der Waals surface area contributed by atoms with Gasteiger partial charge in [-0.1, -0.05) is 42.5 Å². The molecule has 0 saturated carbocycles. The van der Waals surface area contributed by atoms with Crippen molar-refractivity contribution < 1.29 is 4.79 Å². The summed E-state index contributed by atoms with van der Waals surface area (Å²) in [5.41, 5.74) is 2.36. The number of piperazine rings is 1. The number of amides is 1. The molecule has 1 aromatic carbocycles. The second kappa shape index (κ2) is 8.50. The number of nitrogens with one attached hydrogen (secondary N) is 1. The van der Waals surface area contributed by atoms with Crippen LogP contribution in [0.15, 0.2) is 54.7 Å². The van der Waals surface area contributed by atoms with Crippen molar-refractivity contribution in [3.8, 4) is 0 Å². The zero-order valence-electron chi connectivity index (χ0n) is 14.0. The van der Waals surface area contributed by atoms with Crippen molar-refractivity contribution in [3.05, 3.63) is 66.0 Å². The Kier molecular flexibility index (Phi) is 5.85. The molecule has 24 heavy (non-hydrogen) atoms. The summed E-state index contributed by atoms with van der Waals surface area (Å²) in [6, 6.07) is 14.4. The van der Waals surface area contributed by atoms with Gasteiger partial charge in [-0.3, -0.25) is 9.69 Å². The fourth-order valence-corrected chi connectivity index (χ4v) is 3.00. The molecule has 1 saturated heterocycles. The van der Waals surface area contributed by atoms with Crippen molar-refractivity contribution in [3.63, 3.8) is 0 Å². The fourth-order valence-electron chi connectivity index (χ4n) is 3.00. The van der Waals surface area contributed by atoms with Crippen LogP contribution >= 0.6 is 0 Å². The number of hydrogen-bond donors (Lipinski definition) is 1. The summed E-state index contributed by atoms with van der Waals surface area (Å²) in [5.74, 6) is 0.268. The Morgan fingerprint density at radius 2 is 1.83 bits per heavy atom. The molecular weight excluding hydrogens is 298 g/mol. The summed E-state index contributed by atoms with van der Waals surface area (Å²) in [4.78, 5) is 19.8. The van der Waals surface area contributed by atoms with E-state index in [1.165, 1.54) is 5.56 Å². The van der Waals surface area contributed by atoms with Crippen molar-refractivity contribution in [2.75, 3.05) is 32.7 Å². The Bertz CT molecular complexity index is 641. The molecule has 1 aliphatic heterocycles. The number of nitrogens with zero attached hydrogens (tertiary/aromatic N) is 2. The van der Waals surface area contributed by atoms with E-state index in [2.05, 4.69) is 46.3 Å². The molecule has 1 amide bonds. The van der Waals surface area contributed by atoms with Gasteiger partial charge in [-0.15, -0.1) is 0 Å². The van der Waals surface area contributed by atoms with Gasteiger partial charge in [0.15, 0.2) is 0 Å². The smallest absolute Gasteiger partial charge is 0.223 e. The number of aromatic nitrogens is 1. The highest BCUT2D eigenvalue weighted by atomic mass is 16.2. The van der Waals surface area contributed by atoms with E-state index in [0.29, 0.717) is 6.42 Å². The molecule has 2 aromatic rings. The van der Waals surface area contributed by atoms with Gasteiger partial charge in [0.25, 0.3) is 0 Å². The van der Waals surface area contributed by atoms with Crippen LogP contribution in [-0.2, 0) is 11.2 Å². The molecule has 2 heterocycles. The standard InChI is InChI=1S/C20H25N3O/c24-20(11-10-19-9-4-12-21-19)23-16-14-22(15-17-23)13-5-8-18-6-2-1-3-7-18/h1-9,12,21H,10-11,13-17H2/b8-5+. The summed E-state index contributed by atoms with van der Waals surface area (Å²) >= 11 is 0. The molecule has 4 nitrogen and oxygen atoms in total. The fraction of sp³-hybridized carbons (Fsp3) is 0.350. The van der Waals surface area contributed by atoms with Crippen LogP contribution in [-0.4, -0.2) is 53.4 Å². The van der Waals surface area contributed by atoms with Crippen molar-refractivity contribution in [1.29, 1.82) is 0 Å². The number of aryl methyl sites for hydroxylation is 1. The number of rotatable bonds is 6. The molecule has 0 aliphatic carbocycles. The predicted molar refractivity (Wildman–Crippen MR) is 97.6 cm³/mol. The summed E-state index contributed by atoms with van der Waals surface area (Å²) in [7, 11) is 0. The first kappa shape index (κ1) is 16.5. The number of carbonyl (C=O) groups is 1. The van der Waals surface area contributed by atoms with Gasteiger partial charge in [0, 0.05) is 51.0 Å². The highest BCUT2D eigenvalue weighted by molar-refractivity contribution is 5.76. The third-order valence-corrected chi connectivity index (χ3v) is 4.47. The molecule has 4 heteroatoms. The van der Waals surface area contributed by atoms with E-state index < -0.39 is 0 Å². The predicted octanol–water partition coefficient (Wildman–Crippen LogP) is 2.80. The van der Waals surface area contributed by atoms with Crippen LogP contribution < -0.4 is 0 Å². The van der Waals surface area contributed by atoms with Gasteiger partial charge in [0.1, 0.15) is 0 Å². The minimum absolute atomic E-state index is 0.268. The molecular formula is C20H25N3O. The van der Waals surface area contributed by atoms with Crippen LogP contribution in [0.1, 0.15) is 17.7 Å². The molecule has 1 N–H and O–H groups in total. The minimum Gasteiger partial charge on any atom is -0.365 e. The third-order valence-electron chi connectivity index (χ3n) is 4.47. The third kappa shape index (κ3) is 4.83. The number of aromatic amines is 1. The summed E-state index contributed by atoms with van der Waals surface area (Å²) in [6.07, 6.45) is 7.66. The quantitative estimate of drug-likeness (QED) is 0.888. The molecule has 0 atom stereocenters. The lowest BCUT2D eigenvalue weighted by Crippen LogP contribution is -2.48. The van der Waals surface area contributed by atoms with Gasteiger partial charge in [0.2, 0.25) is 5.91 Å². The molecule has 0 unspecified atom stereocenters. The van der Waals surface area contributed by atoms with Crippen LogP contribution in [0, 0.1) is 0 Å². The van der Waals surface area contributed by atoms with E-state index in [1.54, 1.807) is 0 Å². The van der Waals surface area contributed by atoms with Crippen LogP contribution in [0.3, 0.4) is 0 Å². The lowest BCUT2D eigenvalue weighted by Gasteiger charge is -2.34. The largest absolute Gasteiger partial charge is 0.365 e. The van der Waals surface area contributed by atoms with Gasteiger partial charge in [0.05, 0.1) is 0 Å². The highest BCUT2D eigenvalue weighted by Crippen LogP contribution is 2.08. The van der Waals surface area contributed by atoms with Gasteiger partial charge in [-0.05, 0) is 24.1 Å². The Morgan fingerprint density at radius 1 is 1.04 bits per heavy atom. The van der Waals surface area contributed by atoms with E-state index in [9.17, 15) is 4.79 Å². The lowest BCUT2D eigenvalue weighted by atomic mass is 10.2. The normalized spacial score (nSPS) is 15.9. The first-order valence-electron chi connectivity index (χ1n) is 8.65.